The van der Waals surface area contributed by atoms with Gasteiger partial charge >= 0.3 is 12.1 Å². The Bertz CT molecular complexity index is 955. The van der Waals surface area contributed by atoms with Crippen LogP contribution in [0, 0.1) is 0 Å². The predicted octanol–water partition coefficient (Wildman–Crippen LogP) is 4.48. The Kier molecular flexibility index (Phi) is 5.52. The molecule has 0 unspecified atom stereocenters. The van der Waals surface area contributed by atoms with Gasteiger partial charge in [0.1, 0.15) is 5.75 Å². The smallest absolute Gasteiger partial charge is 0.417 e. The molecular formula is C16H12ClF3O5S. The molecule has 0 fully saturated rings. The highest BCUT2D eigenvalue weighted by molar-refractivity contribution is 7.90. The van der Waals surface area contributed by atoms with Gasteiger partial charge in [0.2, 0.25) is 0 Å². The molecule has 0 spiro atoms. The standard InChI is InChI=1S/C16H12ClF3O5S/c1-9(21)24-13-5-3-10(17)7-14(13)25-11-4-6-15(26(2,22)23)12(8-11)16(18,19)20/h3-8H,1-2H3. The van der Waals surface area contributed by atoms with Crippen LogP contribution >= 0.6 is 11.6 Å². The summed E-state index contributed by atoms with van der Waals surface area (Å²) in [6.07, 6.45) is -4.24. The molecule has 0 aliphatic rings. The molecule has 26 heavy (non-hydrogen) atoms. The zero-order valence-electron chi connectivity index (χ0n) is 13.4. The summed E-state index contributed by atoms with van der Waals surface area (Å²) >= 11 is 5.83. The molecule has 0 atom stereocenters. The van der Waals surface area contributed by atoms with Crippen LogP contribution in [0.2, 0.25) is 5.02 Å². The molecule has 0 amide bonds. The number of hydrogen-bond acceptors (Lipinski definition) is 5. The number of rotatable bonds is 4. The van der Waals surface area contributed by atoms with E-state index in [1.54, 1.807) is 0 Å². The molecule has 2 rings (SSSR count). The van der Waals surface area contributed by atoms with Gasteiger partial charge in [0.05, 0.1) is 10.5 Å². The maximum absolute atomic E-state index is 13.2. The predicted molar refractivity (Wildman–Crippen MR) is 87.4 cm³/mol. The zero-order valence-corrected chi connectivity index (χ0v) is 15.0. The first-order valence-electron chi connectivity index (χ1n) is 6.95. The molecule has 0 bridgehead atoms. The summed E-state index contributed by atoms with van der Waals surface area (Å²) in [6, 6.07) is 6.37. The Hall–Kier alpha value is -2.26. The number of ether oxygens (including phenoxy) is 2. The quantitative estimate of drug-likeness (QED) is 0.551. The highest BCUT2D eigenvalue weighted by Gasteiger charge is 2.36. The summed E-state index contributed by atoms with van der Waals surface area (Å²) in [6.45, 7) is 1.14. The molecule has 140 valence electrons. The Morgan fingerprint density at radius 2 is 1.73 bits per heavy atom. The highest BCUT2D eigenvalue weighted by Crippen LogP contribution is 2.39. The molecule has 10 heteroatoms. The SMILES string of the molecule is CC(=O)Oc1ccc(Cl)cc1Oc1ccc(S(C)(=O)=O)c(C(F)(F)F)c1. The highest BCUT2D eigenvalue weighted by atomic mass is 35.5. The molecular weight excluding hydrogens is 397 g/mol. The van der Waals surface area contributed by atoms with Gasteiger partial charge in [-0.1, -0.05) is 11.6 Å². The number of benzene rings is 2. The Morgan fingerprint density at radius 3 is 2.27 bits per heavy atom. The van der Waals surface area contributed by atoms with Crippen LogP contribution in [0.4, 0.5) is 13.2 Å². The van der Waals surface area contributed by atoms with Gasteiger partial charge in [-0.25, -0.2) is 8.42 Å². The second kappa shape index (κ2) is 7.16. The molecule has 0 aliphatic carbocycles. The van der Waals surface area contributed by atoms with Gasteiger partial charge < -0.3 is 9.47 Å². The summed E-state index contributed by atoms with van der Waals surface area (Å²) in [5.74, 6) is -1.13. The summed E-state index contributed by atoms with van der Waals surface area (Å²) in [5, 5.41) is 0.194. The lowest BCUT2D eigenvalue weighted by Gasteiger charge is -2.15. The number of carbonyl (C=O) groups excluding carboxylic acids is 1. The van der Waals surface area contributed by atoms with E-state index in [-0.39, 0.29) is 22.3 Å². The van der Waals surface area contributed by atoms with Gasteiger partial charge in [-0.3, -0.25) is 4.79 Å². The molecule has 2 aromatic rings. The van der Waals surface area contributed by atoms with Crippen LogP contribution in [0.5, 0.6) is 17.2 Å². The van der Waals surface area contributed by atoms with Crippen LogP contribution in [0.3, 0.4) is 0 Å². The van der Waals surface area contributed by atoms with Crippen molar-refractivity contribution >= 4 is 27.4 Å². The first-order valence-corrected chi connectivity index (χ1v) is 9.22. The topological polar surface area (TPSA) is 69.7 Å². The van der Waals surface area contributed by atoms with Gasteiger partial charge in [-0.2, -0.15) is 13.2 Å². The molecule has 2 aromatic carbocycles. The largest absolute Gasteiger partial charge is 0.453 e. The van der Waals surface area contributed by atoms with Crippen LogP contribution in [-0.2, 0) is 20.8 Å². The van der Waals surface area contributed by atoms with Crippen LogP contribution in [0.1, 0.15) is 12.5 Å². The van der Waals surface area contributed by atoms with Gasteiger partial charge in [0.25, 0.3) is 0 Å². The van der Waals surface area contributed by atoms with E-state index in [0.717, 1.165) is 19.1 Å². The van der Waals surface area contributed by atoms with Gasteiger partial charge in [-0.05, 0) is 30.3 Å². The van der Waals surface area contributed by atoms with E-state index >= 15 is 0 Å². The number of sulfone groups is 1. The number of esters is 1. The van der Waals surface area contributed by atoms with E-state index in [9.17, 15) is 26.4 Å². The summed E-state index contributed by atoms with van der Waals surface area (Å²) < 4.78 is 73.0. The third-order valence-corrected chi connectivity index (χ3v) is 4.43. The lowest BCUT2D eigenvalue weighted by atomic mass is 10.2. The number of carbonyl (C=O) groups is 1. The third-order valence-electron chi connectivity index (χ3n) is 3.04. The minimum atomic E-state index is -4.91. The minimum Gasteiger partial charge on any atom is -0.453 e. The summed E-state index contributed by atoms with van der Waals surface area (Å²) in [7, 11) is -4.10. The molecule has 5 nitrogen and oxygen atoms in total. The van der Waals surface area contributed by atoms with Gasteiger partial charge in [-0.15, -0.1) is 0 Å². The maximum atomic E-state index is 13.2. The van der Waals surface area contributed by atoms with Crippen LogP contribution in [0.25, 0.3) is 0 Å². The van der Waals surface area contributed by atoms with Crippen molar-refractivity contribution in [1.29, 1.82) is 0 Å². The van der Waals surface area contributed by atoms with E-state index < -0.39 is 32.4 Å². The normalized spacial score (nSPS) is 11.9. The zero-order chi connectivity index (χ0) is 19.7. The van der Waals surface area contributed by atoms with Crippen molar-refractivity contribution in [3.05, 3.63) is 47.0 Å². The molecule has 0 saturated carbocycles. The van der Waals surface area contributed by atoms with E-state index in [0.29, 0.717) is 12.3 Å². The lowest BCUT2D eigenvalue weighted by molar-refractivity contribution is -0.140. The molecule has 0 aliphatic heterocycles. The fourth-order valence-corrected chi connectivity index (χ4v) is 3.10. The number of alkyl halides is 3. The summed E-state index contributed by atoms with van der Waals surface area (Å²) in [5.41, 5.74) is -1.37. The number of halogens is 4. The van der Waals surface area contributed by atoms with Gasteiger partial charge in [0.15, 0.2) is 21.3 Å². The molecule has 0 heterocycles. The second-order valence-electron chi connectivity index (χ2n) is 5.21. The fourth-order valence-electron chi connectivity index (χ4n) is 2.05. The monoisotopic (exact) mass is 408 g/mol. The lowest BCUT2D eigenvalue weighted by Crippen LogP contribution is -2.12. The maximum Gasteiger partial charge on any atom is 0.417 e. The van der Waals surface area contributed by atoms with Crippen molar-refractivity contribution in [2.24, 2.45) is 0 Å². The van der Waals surface area contributed by atoms with Crippen molar-refractivity contribution in [1.82, 2.24) is 0 Å². The first kappa shape index (κ1) is 20.1. The van der Waals surface area contributed by atoms with Crippen molar-refractivity contribution in [2.75, 3.05) is 6.26 Å². The van der Waals surface area contributed by atoms with E-state index in [1.165, 1.54) is 18.2 Å². The van der Waals surface area contributed by atoms with Gasteiger partial charge in [0, 0.05) is 24.3 Å². The molecule has 0 saturated heterocycles. The van der Waals surface area contributed by atoms with Crippen LogP contribution in [0.15, 0.2) is 41.3 Å². The first-order chi connectivity index (χ1) is 11.9. The van der Waals surface area contributed by atoms with E-state index in [4.69, 9.17) is 21.1 Å². The Balaban J connectivity index is 2.52. The Labute approximate surface area is 152 Å². The average Bonchev–Trinajstić information content (AvgIpc) is 2.47. The van der Waals surface area contributed by atoms with Crippen LogP contribution < -0.4 is 9.47 Å². The second-order valence-corrected chi connectivity index (χ2v) is 7.64. The van der Waals surface area contributed by atoms with Crippen LogP contribution in [-0.4, -0.2) is 20.6 Å². The van der Waals surface area contributed by atoms with E-state index in [1.807, 2.05) is 0 Å². The van der Waals surface area contributed by atoms with Crippen molar-refractivity contribution in [2.45, 2.75) is 18.0 Å². The number of hydrogen-bond donors (Lipinski definition) is 0. The summed E-state index contributed by atoms with van der Waals surface area (Å²) in [4.78, 5) is 10.2. The molecule has 0 radical (unpaired) electrons. The van der Waals surface area contributed by atoms with Crippen molar-refractivity contribution < 1.29 is 35.9 Å². The van der Waals surface area contributed by atoms with E-state index in [2.05, 4.69) is 0 Å². The molecule has 0 aromatic heterocycles. The Morgan fingerprint density at radius 1 is 1.08 bits per heavy atom. The fraction of sp³-hybridized carbons (Fsp3) is 0.188. The third kappa shape index (κ3) is 4.89. The molecule has 0 N–H and O–H groups in total. The minimum absolute atomic E-state index is 0.0531. The van der Waals surface area contributed by atoms with Crippen molar-refractivity contribution in [3.63, 3.8) is 0 Å². The average molecular weight is 409 g/mol. The van der Waals surface area contributed by atoms with Crippen molar-refractivity contribution in [3.8, 4) is 17.2 Å².